The summed E-state index contributed by atoms with van der Waals surface area (Å²) >= 11 is 0.399. The monoisotopic (exact) mass is 376 g/mol. The zero-order valence-electron chi connectivity index (χ0n) is 13.6. The van der Waals surface area contributed by atoms with Gasteiger partial charge >= 0.3 is 0 Å². The lowest BCUT2D eigenvalue weighted by atomic mass is 10.1. The molecule has 0 heterocycles. The van der Waals surface area contributed by atoms with Crippen molar-refractivity contribution in [3.63, 3.8) is 0 Å². The van der Waals surface area contributed by atoms with Crippen LogP contribution < -0.4 is 10.1 Å². The number of anilines is 1. The minimum atomic E-state index is -2.52. The van der Waals surface area contributed by atoms with E-state index in [0.717, 1.165) is 0 Å². The standard InChI is InChI=1S/C18H14F2N2O3S/c1-25-16-7-2-11(9-15(16)23)8-12(10-21)17(24)22-13-3-5-14(6-4-13)26-18(19)20/h2-9,18,23H,1H3,(H,22,24)/b12-8+. The van der Waals surface area contributed by atoms with Crippen LogP contribution in [-0.2, 0) is 4.79 Å². The van der Waals surface area contributed by atoms with Crippen molar-refractivity contribution in [1.29, 1.82) is 5.26 Å². The predicted molar refractivity (Wildman–Crippen MR) is 95.2 cm³/mol. The number of rotatable bonds is 6. The number of carbonyl (C=O) groups is 1. The van der Waals surface area contributed by atoms with Gasteiger partial charge in [-0.3, -0.25) is 4.79 Å². The topological polar surface area (TPSA) is 82.3 Å². The first-order valence-corrected chi connectivity index (χ1v) is 8.16. The number of nitrogens with one attached hydrogen (secondary N) is 1. The number of ether oxygens (including phenoxy) is 1. The number of hydrogen-bond donors (Lipinski definition) is 2. The minimum Gasteiger partial charge on any atom is -0.504 e. The third-order valence-corrected chi connectivity index (χ3v) is 3.94. The van der Waals surface area contributed by atoms with E-state index in [-0.39, 0.29) is 17.1 Å². The minimum absolute atomic E-state index is 0.119. The number of phenolic OH excluding ortho intramolecular Hbond substituents is 1. The van der Waals surface area contributed by atoms with Gasteiger partial charge in [-0.2, -0.15) is 14.0 Å². The number of carbonyl (C=O) groups excluding carboxylic acids is 1. The maximum atomic E-state index is 12.3. The van der Waals surface area contributed by atoms with Gasteiger partial charge in [-0.15, -0.1) is 0 Å². The van der Waals surface area contributed by atoms with E-state index in [2.05, 4.69) is 5.32 Å². The number of nitriles is 1. The van der Waals surface area contributed by atoms with E-state index in [1.54, 1.807) is 12.1 Å². The fourth-order valence-corrected chi connectivity index (χ4v) is 2.53. The molecule has 8 heteroatoms. The number of amides is 1. The molecule has 0 unspecified atom stereocenters. The summed E-state index contributed by atoms with van der Waals surface area (Å²) in [6.07, 6.45) is 1.31. The molecule has 0 spiro atoms. The van der Waals surface area contributed by atoms with Crippen LogP contribution in [0, 0.1) is 11.3 Å². The second-order valence-electron chi connectivity index (χ2n) is 4.96. The molecule has 0 atom stereocenters. The molecular weight excluding hydrogens is 362 g/mol. The van der Waals surface area contributed by atoms with Crippen LogP contribution in [0.25, 0.3) is 6.08 Å². The summed E-state index contributed by atoms with van der Waals surface area (Å²) < 4.78 is 29.5. The van der Waals surface area contributed by atoms with Crippen molar-refractivity contribution >= 4 is 29.4 Å². The third kappa shape index (κ3) is 5.22. The van der Waals surface area contributed by atoms with Crippen LogP contribution in [0.1, 0.15) is 5.56 Å². The molecule has 26 heavy (non-hydrogen) atoms. The van der Waals surface area contributed by atoms with Crippen LogP contribution in [0.2, 0.25) is 0 Å². The highest BCUT2D eigenvalue weighted by Gasteiger charge is 2.11. The third-order valence-electron chi connectivity index (χ3n) is 3.22. The summed E-state index contributed by atoms with van der Waals surface area (Å²) in [4.78, 5) is 12.6. The molecule has 0 saturated carbocycles. The first-order chi connectivity index (χ1) is 12.4. The molecule has 0 bridgehead atoms. The normalized spacial score (nSPS) is 11.1. The lowest BCUT2D eigenvalue weighted by molar-refractivity contribution is -0.112. The summed E-state index contributed by atoms with van der Waals surface area (Å²) in [6.45, 7) is 0. The number of aromatic hydroxyl groups is 1. The van der Waals surface area contributed by atoms with Crippen LogP contribution in [0.3, 0.4) is 0 Å². The van der Waals surface area contributed by atoms with Crippen LogP contribution >= 0.6 is 11.8 Å². The molecule has 2 aromatic rings. The Bertz CT molecular complexity index is 862. The molecule has 0 radical (unpaired) electrons. The van der Waals surface area contributed by atoms with Gasteiger partial charge in [0.05, 0.1) is 7.11 Å². The summed E-state index contributed by atoms with van der Waals surface area (Å²) in [5.74, 6) is -3.03. The molecule has 1 amide bonds. The van der Waals surface area contributed by atoms with Crippen molar-refractivity contribution in [3.05, 3.63) is 53.6 Å². The van der Waals surface area contributed by atoms with Crippen molar-refractivity contribution in [2.75, 3.05) is 12.4 Å². The SMILES string of the molecule is COc1ccc(/C=C(\C#N)C(=O)Nc2ccc(SC(F)F)cc2)cc1O. The Morgan fingerprint density at radius 1 is 1.31 bits per heavy atom. The Morgan fingerprint density at radius 2 is 2.00 bits per heavy atom. The molecule has 0 fully saturated rings. The Labute approximate surface area is 152 Å². The first-order valence-electron chi connectivity index (χ1n) is 7.28. The van der Waals surface area contributed by atoms with Crippen LogP contribution in [0.5, 0.6) is 11.5 Å². The van der Waals surface area contributed by atoms with Gasteiger partial charge in [0, 0.05) is 10.6 Å². The van der Waals surface area contributed by atoms with Crippen LogP contribution in [-0.4, -0.2) is 23.9 Å². The van der Waals surface area contributed by atoms with E-state index < -0.39 is 11.7 Å². The molecule has 0 aromatic heterocycles. The number of halogens is 2. The van der Waals surface area contributed by atoms with E-state index in [0.29, 0.717) is 27.9 Å². The van der Waals surface area contributed by atoms with E-state index in [1.807, 2.05) is 0 Å². The Hall–Kier alpha value is -3.05. The fourth-order valence-electron chi connectivity index (χ4n) is 2.03. The largest absolute Gasteiger partial charge is 0.504 e. The number of thioether (sulfide) groups is 1. The first kappa shape index (κ1) is 19.3. The zero-order chi connectivity index (χ0) is 19.1. The fraction of sp³-hybridized carbons (Fsp3) is 0.111. The zero-order valence-corrected chi connectivity index (χ0v) is 14.4. The summed E-state index contributed by atoms with van der Waals surface area (Å²) in [5, 5.41) is 21.5. The lowest BCUT2D eigenvalue weighted by Crippen LogP contribution is -2.13. The average Bonchev–Trinajstić information content (AvgIpc) is 2.61. The highest BCUT2D eigenvalue weighted by atomic mass is 32.2. The Morgan fingerprint density at radius 3 is 2.54 bits per heavy atom. The summed E-state index contributed by atoms with van der Waals surface area (Å²) in [6, 6.07) is 12.1. The maximum Gasteiger partial charge on any atom is 0.288 e. The smallest absolute Gasteiger partial charge is 0.288 e. The summed E-state index contributed by atoms with van der Waals surface area (Å²) in [7, 11) is 1.41. The van der Waals surface area contributed by atoms with Gasteiger partial charge in [0.25, 0.3) is 11.7 Å². The number of methoxy groups -OCH3 is 1. The average molecular weight is 376 g/mol. The van der Waals surface area contributed by atoms with Crippen LogP contribution in [0.4, 0.5) is 14.5 Å². The highest BCUT2D eigenvalue weighted by Crippen LogP contribution is 2.28. The number of hydrogen-bond acceptors (Lipinski definition) is 5. The van der Waals surface area contributed by atoms with E-state index in [4.69, 9.17) is 4.74 Å². The molecule has 2 aromatic carbocycles. The van der Waals surface area contributed by atoms with Crippen molar-refractivity contribution in [2.45, 2.75) is 10.7 Å². The van der Waals surface area contributed by atoms with Crippen LogP contribution in [0.15, 0.2) is 52.9 Å². The quantitative estimate of drug-likeness (QED) is 0.447. The number of benzene rings is 2. The van der Waals surface area contributed by atoms with Crippen molar-refractivity contribution in [2.24, 2.45) is 0 Å². The van der Waals surface area contributed by atoms with Gasteiger partial charge in [-0.05, 0) is 48.0 Å². The van der Waals surface area contributed by atoms with E-state index in [9.17, 15) is 23.9 Å². The van der Waals surface area contributed by atoms with Gasteiger partial charge < -0.3 is 15.2 Å². The molecule has 0 aliphatic rings. The van der Waals surface area contributed by atoms with Crippen molar-refractivity contribution < 1.29 is 23.4 Å². The van der Waals surface area contributed by atoms with Crippen molar-refractivity contribution in [3.8, 4) is 17.6 Å². The highest BCUT2D eigenvalue weighted by molar-refractivity contribution is 7.99. The van der Waals surface area contributed by atoms with E-state index in [1.165, 1.54) is 49.6 Å². The second kappa shape index (κ2) is 8.87. The molecule has 0 aliphatic heterocycles. The number of nitrogens with zero attached hydrogens (tertiary/aromatic N) is 1. The molecular formula is C18H14F2N2O3S. The van der Waals surface area contributed by atoms with E-state index >= 15 is 0 Å². The number of phenols is 1. The van der Waals surface area contributed by atoms with Gasteiger partial charge in [-0.25, -0.2) is 0 Å². The molecule has 134 valence electrons. The summed E-state index contributed by atoms with van der Waals surface area (Å²) in [5.41, 5.74) is 0.631. The maximum absolute atomic E-state index is 12.3. The molecule has 5 nitrogen and oxygen atoms in total. The van der Waals surface area contributed by atoms with Gasteiger partial charge in [0.1, 0.15) is 11.6 Å². The predicted octanol–water partition coefficient (Wildman–Crippen LogP) is 4.26. The van der Waals surface area contributed by atoms with Gasteiger partial charge in [0.15, 0.2) is 11.5 Å². The van der Waals surface area contributed by atoms with Gasteiger partial charge in [-0.1, -0.05) is 17.8 Å². The Balaban J connectivity index is 2.13. The molecule has 2 N–H and O–H groups in total. The Kier molecular flexibility index (Phi) is 6.58. The molecule has 0 saturated heterocycles. The van der Waals surface area contributed by atoms with Crippen molar-refractivity contribution in [1.82, 2.24) is 0 Å². The second-order valence-corrected chi connectivity index (χ2v) is 6.02. The molecule has 0 aliphatic carbocycles. The number of alkyl halides is 2. The molecule has 2 rings (SSSR count). The lowest BCUT2D eigenvalue weighted by Gasteiger charge is -2.06. The van der Waals surface area contributed by atoms with Gasteiger partial charge in [0.2, 0.25) is 0 Å².